The highest BCUT2D eigenvalue weighted by Crippen LogP contribution is 2.31. The van der Waals surface area contributed by atoms with Gasteiger partial charge in [0.25, 0.3) is 0 Å². The van der Waals surface area contributed by atoms with Crippen LogP contribution in [0.25, 0.3) is 0 Å². The summed E-state index contributed by atoms with van der Waals surface area (Å²) in [6, 6.07) is 4.76. The molecule has 21 heavy (non-hydrogen) atoms. The van der Waals surface area contributed by atoms with Crippen LogP contribution in [0.15, 0.2) is 22.7 Å². The third-order valence-electron chi connectivity index (χ3n) is 3.68. The van der Waals surface area contributed by atoms with E-state index in [2.05, 4.69) is 26.6 Å². The number of carbonyl (C=O) groups is 2. The first-order valence-electron chi connectivity index (χ1n) is 6.70. The van der Waals surface area contributed by atoms with Crippen LogP contribution in [-0.2, 0) is 4.79 Å². The number of carboxylic acid groups (broad SMARTS) is 1. The highest BCUT2D eigenvalue weighted by Gasteiger charge is 2.32. The van der Waals surface area contributed by atoms with Crippen molar-refractivity contribution in [2.75, 3.05) is 11.9 Å². The van der Waals surface area contributed by atoms with Crippen LogP contribution in [0, 0.1) is 11.8 Å². The topological polar surface area (TPSA) is 78.4 Å². The lowest BCUT2D eigenvalue weighted by Crippen LogP contribution is -2.35. The SMILES string of the molecule is O=C(NCC1CCCC1C(=O)O)Nc1ccc(Br)c(Cl)c1. The van der Waals surface area contributed by atoms with Crippen molar-refractivity contribution in [1.82, 2.24) is 5.32 Å². The molecule has 7 heteroatoms. The van der Waals surface area contributed by atoms with Crippen molar-refractivity contribution in [3.63, 3.8) is 0 Å². The zero-order chi connectivity index (χ0) is 15.4. The summed E-state index contributed by atoms with van der Waals surface area (Å²) < 4.78 is 0.755. The van der Waals surface area contributed by atoms with Crippen molar-refractivity contribution in [2.24, 2.45) is 11.8 Å². The third kappa shape index (κ3) is 4.35. The number of amides is 2. The van der Waals surface area contributed by atoms with E-state index < -0.39 is 5.97 Å². The molecule has 2 unspecified atom stereocenters. The van der Waals surface area contributed by atoms with E-state index in [0.717, 1.165) is 17.3 Å². The Morgan fingerprint density at radius 1 is 1.38 bits per heavy atom. The summed E-state index contributed by atoms with van der Waals surface area (Å²) in [4.78, 5) is 22.9. The fourth-order valence-corrected chi connectivity index (χ4v) is 3.01. The summed E-state index contributed by atoms with van der Waals surface area (Å²) in [7, 11) is 0. The van der Waals surface area contributed by atoms with E-state index in [-0.39, 0.29) is 17.9 Å². The highest BCUT2D eigenvalue weighted by atomic mass is 79.9. The first kappa shape index (κ1) is 16.1. The van der Waals surface area contributed by atoms with Gasteiger partial charge < -0.3 is 15.7 Å². The van der Waals surface area contributed by atoms with Crippen LogP contribution in [0.4, 0.5) is 10.5 Å². The first-order chi connectivity index (χ1) is 9.97. The van der Waals surface area contributed by atoms with Crippen LogP contribution in [-0.4, -0.2) is 23.7 Å². The Hall–Kier alpha value is -1.27. The van der Waals surface area contributed by atoms with Gasteiger partial charge in [-0.1, -0.05) is 18.0 Å². The molecular weight excluding hydrogens is 360 g/mol. The van der Waals surface area contributed by atoms with Crippen LogP contribution in [0.5, 0.6) is 0 Å². The molecule has 2 rings (SSSR count). The quantitative estimate of drug-likeness (QED) is 0.750. The van der Waals surface area contributed by atoms with E-state index >= 15 is 0 Å². The summed E-state index contributed by atoms with van der Waals surface area (Å²) in [6.45, 7) is 0.368. The number of halogens is 2. The first-order valence-corrected chi connectivity index (χ1v) is 7.87. The zero-order valence-electron chi connectivity index (χ0n) is 11.2. The molecule has 5 nitrogen and oxygen atoms in total. The Morgan fingerprint density at radius 3 is 2.81 bits per heavy atom. The number of nitrogens with one attached hydrogen (secondary N) is 2. The van der Waals surface area contributed by atoms with Gasteiger partial charge in [-0.3, -0.25) is 4.79 Å². The van der Waals surface area contributed by atoms with E-state index in [1.54, 1.807) is 18.2 Å². The molecular formula is C14H16BrClN2O3. The van der Waals surface area contributed by atoms with Crippen molar-refractivity contribution in [2.45, 2.75) is 19.3 Å². The van der Waals surface area contributed by atoms with Crippen LogP contribution >= 0.6 is 27.5 Å². The lowest BCUT2D eigenvalue weighted by molar-refractivity contribution is -0.142. The monoisotopic (exact) mass is 374 g/mol. The largest absolute Gasteiger partial charge is 0.481 e. The fourth-order valence-electron chi connectivity index (χ4n) is 2.58. The maximum absolute atomic E-state index is 11.8. The number of anilines is 1. The molecule has 1 aromatic carbocycles. The summed E-state index contributed by atoms with van der Waals surface area (Å²) in [6.07, 6.45) is 2.42. The number of benzene rings is 1. The van der Waals surface area contributed by atoms with Crippen LogP contribution in [0.3, 0.4) is 0 Å². The molecule has 2 atom stereocenters. The lowest BCUT2D eigenvalue weighted by atomic mass is 9.96. The minimum Gasteiger partial charge on any atom is -0.481 e. The van der Waals surface area contributed by atoms with Gasteiger partial charge in [-0.25, -0.2) is 4.79 Å². The lowest BCUT2D eigenvalue weighted by Gasteiger charge is -2.16. The second-order valence-electron chi connectivity index (χ2n) is 5.10. The summed E-state index contributed by atoms with van der Waals surface area (Å²) >= 11 is 9.22. The molecule has 1 aromatic rings. The Bertz CT molecular complexity index is 553. The fraction of sp³-hybridized carbons (Fsp3) is 0.429. The van der Waals surface area contributed by atoms with Gasteiger partial charge in [0, 0.05) is 16.7 Å². The van der Waals surface area contributed by atoms with Gasteiger partial charge in [0.15, 0.2) is 0 Å². The van der Waals surface area contributed by atoms with Gasteiger partial charge >= 0.3 is 12.0 Å². The van der Waals surface area contributed by atoms with Gasteiger partial charge in [-0.15, -0.1) is 0 Å². The van der Waals surface area contributed by atoms with E-state index in [0.29, 0.717) is 23.7 Å². The molecule has 0 radical (unpaired) electrons. The minimum absolute atomic E-state index is 0.00163. The van der Waals surface area contributed by atoms with Crippen molar-refractivity contribution in [3.8, 4) is 0 Å². The maximum atomic E-state index is 11.8. The van der Waals surface area contributed by atoms with Crippen LogP contribution in [0.1, 0.15) is 19.3 Å². The molecule has 0 aliphatic heterocycles. The summed E-state index contributed by atoms with van der Waals surface area (Å²) in [5, 5.41) is 15.0. The van der Waals surface area contributed by atoms with Gasteiger partial charge in [-0.05, 0) is 52.9 Å². The molecule has 0 spiro atoms. The standard InChI is InChI=1S/C14H16BrClN2O3/c15-11-5-4-9(6-12(11)16)18-14(21)17-7-8-2-1-3-10(8)13(19)20/h4-6,8,10H,1-3,7H2,(H,19,20)(H2,17,18,21). The maximum Gasteiger partial charge on any atom is 0.319 e. The number of hydrogen-bond acceptors (Lipinski definition) is 2. The Balaban J connectivity index is 1.84. The molecule has 1 fully saturated rings. The van der Waals surface area contributed by atoms with Crippen molar-refractivity contribution in [3.05, 3.63) is 27.7 Å². The average Bonchev–Trinajstić information content (AvgIpc) is 2.89. The molecule has 1 aliphatic carbocycles. The molecule has 1 saturated carbocycles. The van der Waals surface area contributed by atoms with E-state index in [9.17, 15) is 9.59 Å². The number of hydrogen-bond donors (Lipinski definition) is 3. The third-order valence-corrected chi connectivity index (χ3v) is 4.91. The van der Waals surface area contributed by atoms with Crippen molar-refractivity contribution in [1.29, 1.82) is 0 Å². The molecule has 0 aromatic heterocycles. The van der Waals surface area contributed by atoms with Crippen molar-refractivity contribution >= 4 is 45.2 Å². The predicted molar refractivity (Wildman–Crippen MR) is 84.6 cm³/mol. The number of urea groups is 1. The molecule has 3 N–H and O–H groups in total. The average molecular weight is 376 g/mol. The van der Waals surface area contributed by atoms with E-state index in [4.69, 9.17) is 16.7 Å². The summed E-state index contributed by atoms with van der Waals surface area (Å²) in [5.41, 5.74) is 0.585. The summed E-state index contributed by atoms with van der Waals surface area (Å²) in [5.74, 6) is -1.13. The predicted octanol–water partition coefficient (Wildman–Crippen LogP) is 3.72. The molecule has 0 saturated heterocycles. The second kappa shape index (κ2) is 7.13. The van der Waals surface area contributed by atoms with Gasteiger partial charge in [0.05, 0.1) is 10.9 Å². The number of aliphatic carboxylic acids is 1. The number of rotatable bonds is 4. The molecule has 0 bridgehead atoms. The van der Waals surface area contributed by atoms with Gasteiger partial charge in [0.2, 0.25) is 0 Å². The van der Waals surface area contributed by atoms with Crippen LogP contribution < -0.4 is 10.6 Å². The number of carbonyl (C=O) groups excluding carboxylic acids is 1. The van der Waals surface area contributed by atoms with Crippen LogP contribution in [0.2, 0.25) is 5.02 Å². The Kier molecular flexibility index (Phi) is 5.47. The Labute approximate surface area is 136 Å². The number of carboxylic acids is 1. The normalized spacial score (nSPS) is 21.0. The Morgan fingerprint density at radius 2 is 2.14 bits per heavy atom. The van der Waals surface area contributed by atoms with Crippen molar-refractivity contribution < 1.29 is 14.7 Å². The highest BCUT2D eigenvalue weighted by molar-refractivity contribution is 9.10. The molecule has 2 amide bonds. The molecule has 0 heterocycles. The van der Waals surface area contributed by atoms with E-state index in [1.807, 2.05) is 0 Å². The molecule has 1 aliphatic rings. The second-order valence-corrected chi connectivity index (χ2v) is 6.36. The molecule has 114 valence electrons. The zero-order valence-corrected chi connectivity index (χ0v) is 13.6. The van der Waals surface area contributed by atoms with Gasteiger partial charge in [-0.2, -0.15) is 0 Å². The smallest absolute Gasteiger partial charge is 0.319 e. The van der Waals surface area contributed by atoms with Gasteiger partial charge in [0.1, 0.15) is 0 Å². The minimum atomic E-state index is -0.778. The van der Waals surface area contributed by atoms with E-state index in [1.165, 1.54) is 0 Å².